The Morgan fingerprint density at radius 2 is 1.75 bits per heavy atom. The van der Waals surface area contributed by atoms with E-state index in [1.165, 1.54) is 0 Å². The molecule has 0 fully saturated rings. The maximum absolute atomic E-state index is 12.9. The Kier molecular flexibility index (Phi) is 5.84. The fraction of sp³-hybridized carbons (Fsp3) is 0.211. The van der Waals surface area contributed by atoms with Crippen LogP contribution in [0, 0.1) is 12.7 Å². The maximum atomic E-state index is 12.9. The summed E-state index contributed by atoms with van der Waals surface area (Å²) in [7, 11) is -3.70. The molecule has 0 radical (unpaired) electrons. The molecule has 1 N–H and O–H groups in total. The van der Waals surface area contributed by atoms with Crippen LogP contribution in [0.15, 0.2) is 57.8 Å². The minimum absolute atomic E-state index is 0.0418. The second-order valence-electron chi connectivity index (χ2n) is 6.23. The largest absolute Gasteiger partial charge is 0.407 e. The van der Waals surface area contributed by atoms with E-state index >= 15 is 0 Å². The lowest BCUT2D eigenvalue weighted by Crippen LogP contribution is -2.17. The van der Waals surface area contributed by atoms with Crippen molar-refractivity contribution in [1.82, 2.24) is 10.2 Å². The number of rotatable bonds is 7. The number of hydrogen-bond acceptors (Lipinski definition) is 6. The Balaban J connectivity index is 1.54. The van der Waals surface area contributed by atoms with E-state index in [0.29, 0.717) is 12.3 Å². The molecule has 3 rings (SSSR count). The molecule has 0 spiro atoms. The van der Waals surface area contributed by atoms with Gasteiger partial charge >= 0.3 is 6.01 Å². The van der Waals surface area contributed by atoms with E-state index < -0.39 is 27.3 Å². The first-order chi connectivity index (χ1) is 13.3. The predicted molar refractivity (Wildman–Crippen MR) is 100.0 cm³/mol. The van der Waals surface area contributed by atoms with Crippen LogP contribution in [0.4, 0.5) is 10.4 Å². The zero-order chi connectivity index (χ0) is 20.1. The minimum atomic E-state index is -3.70. The van der Waals surface area contributed by atoms with Gasteiger partial charge in [0.1, 0.15) is 5.82 Å². The molecule has 1 amide bonds. The number of anilines is 1. The summed E-state index contributed by atoms with van der Waals surface area (Å²) in [5, 5.41) is 10.00. The first-order valence-corrected chi connectivity index (χ1v) is 10.1. The van der Waals surface area contributed by atoms with Gasteiger partial charge in [0.2, 0.25) is 11.8 Å². The second-order valence-corrected chi connectivity index (χ2v) is 8.34. The molecular weight excluding hydrogens is 385 g/mol. The molecule has 0 aliphatic carbocycles. The van der Waals surface area contributed by atoms with Crippen molar-refractivity contribution < 1.29 is 22.0 Å². The van der Waals surface area contributed by atoms with Crippen LogP contribution in [0.1, 0.15) is 23.4 Å². The number of sulfone groups is 1. The standard InChI is InChI=1S/C19H18FN3O4S/c1-13-2-4-14(5-3-13)12-18-22-23-19(27-18)21-17(24)10-11-28(25,26)16-8-6-15(20)7-9-16/h2-9H,10-12H2,1H3,(H,21,23,24). The number of hydrogen-bond donors (Lipinski definition) is 1. The minimum Gasteiger partial charge on any atom is -0.407 e. The van der Waals surface area contributed by atoms with Gasteiger partial charge in [-0.1, -0.05) is 34.9 Å². The third-order valence-electron chi connectivity index (χ3n) is 3.96. The number of benzene rings is 2. The fourth-order valence-corrected chi connectivity index (χ4v) is 3.67. The predicted octanol–water partition coefficient (Wildman–Crippen LogP) is 2.91. The molecule has 2 aromatic carbocycles. The molecule has 3 aromatic rings. The van der Waals surface area contributed by atoms with Crippen LogP contribution in [0.2, 0.25) is 0 Å². The Labute approximate surface area is 161 Å². The fourth-order valence-electron chi connectivity index (χ4n) is 2.42. The first kappa shape index (κ1) is 19.7. The number of halogens is 1. The number of nitrogens with zero attached hydrogens (tertiary/aromatic N) is 2. The van der Waals surface area contributed by atoms with Crippen molar-refractivity contribution in [3.05, 3.63) is 71.4 Å². The van der Waals surface area contributed by atoms with Crippen LogP contribution in [-0.2, 0) is 21.1 Å². The van der Waals surface area contributed by atoms with Gasteiger partial charge in [-0.05, 0) is 36.8 Å². The first-order valence-electron chi connectivity index (χ1n) is 8.48. The molecule has 0 saturated heterocycles. The van der Waals surface area contributed by atoms with Gasteiger partial charge in [0.15, 0.2) is 9.84 Å². The van der Waals surface area contributed by atoms with Crippen molar-refractivity contribution in [2.75, 3.05) is 11.1 Å². The number of nitrogens with one attached hydrogen (secondary N) is 1. The summed E-state index contributed by atoms with van der Waals surface area (Å²) in [4.78, 5) is 11.9. The lowest BCUT2D eigenvalue weighted by atomic mass is 10.1. The van der Waals surface area contributed by atoms with Crippen molar-refractivity contribution in [3.8, 4) is 0 Å². The van der Waals surface area contributed by atoms with Crippen molar-refractivity contribution >= 4 is 21.8 Å². The Morgan fingerprint density at radius 1 is 1.07 bits per heavy atom. The topological polar surface area (TPSA) is 102 Å². The second kappa shape index (κ2) is 8.30. The summed E-state index contributed by atoms with van der Waals surface area (Å²) in [5.41, 5.74) is 2.12. The molecule has 0 bridgehead atoms. The number of amides is 1. The van der Waals surface area contributed by atoms with Crippen LogP contribution < -0.4 is 5.32 Å². The highest BCUT2D eigenvalue weighted by Gasteiger charge is 2.18. The quantitative estimate of drug-likeness (QED) is 0.609. The number of carbonyl (C=O) groups excluding carboxylic acids is 1. The Hall–Kier alpha value is -3.07. The summed E-state index contributed by atoms with van der Waals surface area (Å²) < 4.78 is 42.6. The monoisotopic (exact) mass is 403 g/mol. The van der Waals surface area contributed by atoms with Gasteiger partial charge in [-0.2, -0.15) is 0 Å². The molecule has 0 saturated carbocycles. The van der Waals surface area contributed by atoms with E-state index in [1.807, 2.05) is 31.2 Å². The van der Waals surface area contributed by atoms with Crippen molar-refractivity contribution in [2.24, 2.45) is 0 Å². The number of aryl methyl sites for hydroxylation is 1. The van der Waals surface area contributed by atoms with Crippen LogP contribution in [-0.4, -0.2) is 30.3 Å². The molecule has 0 aliphatic heterocycles. The molecule has 1 aromatic heterocycles. The van der Waals surface area contributed by atoms with Gasteiger partial charge in [-0.25, -0.2) is 12.8 Å². The smallest absolute Gasteiger partial charge is 0.322 e. The number of aromatic nitrogens is 2. The zero-order valence-corrected chi connectivity index (χ0v) is 15.9. The number of carbonyl (C=O) groups is 1. The molecular formula is C19H18FN3O4S. The molecule has 0 atom stereocenters. The van der Waals surface area contributed by atoms with E-state index in [1.54, 1.807) is 0 Å². The molecule has 146 valence electrons. The average Bonchev–Trinajstić information content (AvgIpc) is 3.09. The van der Waals surface area contributed by atoms with Gasteiger partial charge in [0, 0.05) is 6.42 Å². The van der Waals surface area contributed by atoms with Crippen LogP contribution in [0.25, 0.3) is 0 Å². The third-order valence-corrected chi connectivity index (χ3v) is 5.69. The van der Waals surface area contributed by atoms with Crippen molar-refractivity contribution in [1.29, 1.82) is 0 Å². The summed E-state index contributed by atoms with van der Waals surface area (Å²) >= 11 is 0. The summed E-state index contributed by atoms with van der Waals surface area (Å²) in [6.07, 6.45) is 0.123. The molecule has 7 nitrogen and oxygen atoms in total. The normalized spacial score (nSPS) is 11.4. The lowest BCUT2D eigenvalue weighted by molar-refractivity contribution is -0.116. The summed E-state index contributed by atoms with van der Waals surface area (Å²) in [5.74, 6) is -1.20. The van der Waals surface area contributed by atoms with Crippen LogP contribution >= 0.6 is 0 Å². The van der Waals surface area contributed by atoms with Crippen molar-refractivity contribution in [3.63, 3.8) is 0 Å². The molecule has 0 aliphatic rings. The van der Waals surface area contributed by atoms with Gasteiger partial charge in [-0.3, -0.25) is 10.1 Å². The van der Waals surface area contributed by atoms with E-state index in [4.69, 9.17) is 4.42 Å². The molecule has 9 heteroatoms. The average molecular weight is 403 g/mol. The highest BCUT2D eigenvalue weighted by molar-refractivity contribution is 7.91. The SMILES string of the molecule is Cc1ccc(Cc2nnc(NC(=O)CCS(=O)(=O)c3ccc(F)cc3)o2)cc1. The summed E-state index contributed by atoms with van der Waals surface area (Å²) in [6.45, 7) is 1.99. The highest BCUT2D eigenvalue weighted by Crippen LogP contribution is 2.15. The van der Waals surface area contributed by atoms with Gasteiger partial charge in [0.05, 0.1) is 17.1 Å². The van der Waals surface area contributed by atoms with E-state index in [9.17, 15) is 17.6 Å². The van der Waals surface area contributed by atoms with Crippen LogP contribution in [0.5, 0.6) is 0 Å². The molecule has 28 heavy (non-hydrogen) atoms. The van der Waals surface area contributed by atoms with Crippen LogP contribution in [0.3, 0.4) is 0 Å². The third kappa shape index (κ3) is 5.23. The van der Waals surface area contributed by atoms with Gasteiger partial charge in [-0.15, -0.1) is 5.10 Å². The highest BCUT2D eigenvalue weighted by atomic mass is 32.2. The van der Waals surface area contributed by atoms with E-state index in [-0.39, 0.29) is 17.3 Å². The van der Waals surface area contributed by atoms with Crippen molar-refractivity contribution in [2.45, 2.75) is 24.7 Å². The maximum Gasteiger partial charge on any atom is 0.322 e. The Morgan fingerprint density at radius 3 is 2.43 bits per heavy atom. The zero-order valence-electron chi connectivity index (χ0n) is 15.1. The summed E-state index contributed by atoms with van der Waals surface area (Å²) in [6, 6.07) is 12.2. The van der Waals surface area contributed by atoms with Gasteiger partial charge in [0.25, 0.3) is 0 Å². The van der Waals surface area contributed by atoms with E-state index in [2.05, 4.69) is 15.5 Å². The lowest BCUT2D eigenvalue weighted by Gasteiger charge is -2.04. The molecule has 0 unspecified atom stereocenters. The van der Waals surface area contributed by atoms with E-state index in [0.717, 1.165) is 35.4 Å². The van der Waals surface area contributed by atoms with Gasteiger partial charge < -0.3 is 4.42 Å². The Bertz CT molecular complexity index is 1060. The molecule has 1 heterocycles.